The fraction of sp³-hybridized carbons (Fsp3) is 0.902. The Kier molecular flexibility index (Phi) is 7.86. The Bertz CT molecular complexity index is 1670. The zero-order valence-corrected chi connectivity index (χ0v) is 33.1. The molecule has 9 rings (SSSR count). The Morgan fingerprint density at radius 3 is 2.11 bits per heavy atom. The summed E-state index contributed by atoms with van der Waals surface area (Å²) in [5.41, 5.74) is -2.32. The van der Waals surface area contributed by atoms with Crippen molar-refractivity contribution in [2.75, 3.05) is 6.61 Å². The number of hydrogen-bond donors (Lipinski definition) is 0. The number of alkyl halides is 1. The number of carbonyl (C=O) groups is 4. The summed E-state index contributed by atoms with van der Waals surface area (Å²) in [4.78, 5) is 49.2. The van der Waals surface area contributed by atoms with Gasteiger partial charge >= 0.3 is 23.9 Å². The van der Waals surface area contributed by atoms with Gasteiger partial charge in [-0.3, -0.25) is 14.4 Å². The summed E-state index contributed by atoms with van der Waals surface area (Å²) >= 11 is 0. The summed E-state index contributed by atoms with van der Waals surface area (Å²) in [6.07, 6.45) is 0.143. The van der Waals surface area contributed by atoms with Crippen LogP contribution in [0.5, 0.6) is 0 Å². The predicted molar refractivity (Wildman–Crippen MR) is 185 cm³/mol. The quantitative estimate of drug-likeness (QED) is 0.154. The molecule has 12 nitrogen and oxygen atoms in total. The third-order valence-electron chi connectivity index (χ3n) is 17.1. The number of epoxide rings is 1. The van der Waals surface area contributed by atoms with Gasteiger partial charge in [0.1, 0.15) is 6.17 Å². The standard InChI is InChI=1S/C41H57FO12/c1-19-14-41(33-38(9,53-33)34(46)54-41)52-23-15-36(7)26-11-10-25-35(5,6)28(12-13-39(25)18-40(26,39)16-27(42)37(36,8)29(19)23)51-32-31(50-22(4)45)30(49-21(3)44)24(17-47-32)48-20(2)43/h19,23-33H,10-18H2,1-9H3/t19-,23+,24-,25+,26+,27+,28+,29+,30+,31-,32+,33-,36+,37-,38+,39-,40+,41-/m1/s1. The molecule has 0 unspecified atom stereocenters. The number of halogens is 1. The lowest BCUT2D eigenvalue weighted by atomic mass is 9.41. The molecular formula is C41H57FO12. The van der Waals surface area contributed by atoms with E-state index in [2.05, 4.69) is 34.6 Å². The second-order valence-corrected chi connectivity index (χ2v) is 19.9. The first kappa shape index (κ1) is 37.2. The van der Waals surface area contributed by atoms with Crippen molar-refractivity contribution in [3.8, 4) is 0 Å². The molecule has 4 heterocycles. The van der Waals surface area contributed by atoms with E-state index in [1.54, 1.807) is 6.92 Å². The highest BCUT2D eigenvalue weighted by atomic mass is 19.1. The maximum Gasteiger partial charge on any atom is 0.343 e. The highest BCUT2D eigenvalue weighted by molar-refractivity contribution is 5.86. The van der Waals surface area contributed by atoms with E-state index in [1.165, 1.54) is 20.8 Å². The molecule has 0 aromatic carbocycles. The van der Waals surface area contributed by atoms with Crippen molar-refractivity contribution in [3.05, 3.63) is 0 Å². The van der Waals surface area contributed by atoms with Crippen molar-refractivity contribution in [1.82, 2.24) is 0 Å². The Hall–Kier alpha value is -2.35. The lowest BCUT2D eigenvalue weighted by molar-refractivity contribution is -0.308. The molecule has 18 atom stereocenters. The first-order valence-corrected chi connectivity index (χ1v) is 20.2. The molecule has 9 fully saturated rings. The van der Waals surface area contributed by atoms with Gasteiger partial charge < -0.3 is 37.9 Å². The molecule has 54 heavy (non-hydrogen) atoms. The lowest BCUT2D eigenvalue weighted by Crippen LogP contribution is -2.63. The van der Waals surface area contributed by atoms with Gasteiger partial charge in [0.25, 0.3) is 0 Å². The van der Waals surface area contributed by atoms with Gasteiger partial charge in [0.05, 0.1) is 18.8 Å². The first-order chi connectivity index (χ1) is 25.2. The summed E-state index contributed by atoms with van der Waals surface area (Å²) in [6.45, 7) is 16.6. The maximum absolute atomic E-state index is 17.5. The molecule has 3 spiro atoms. The molecule has 0 bridgehead atoms. The van der Waals surface area contributed by atoms with E-state index in [1.807, 2.05) is 0 Å². The van der Waals surface area contributed by atoms with Crippen molar-refractivity contribution >= 4 is 23.9 Å². The number of esters is 4. The van der Waals surface area contributed by atoms with Gasteiger partial charge in [0.2, 0.25) is 5.79 Å². The molecule has 0 radical (unpaired) electrons. The highest BCUT2D eigenvalue weighted by Gasteiger charge is 2.87. The number of carbonyl (C=O) groups excluding carboxylic acids is 4. The van der Waals surface area contributed by atoms with E-state index >= 15 is 4.39 Å². The van der Waals surface area contributed by atoms with Crippen molar-refractivity contribution in [3.63, 3.8) is 0 Å². The SMILES string of the molecule is CC(=O)O[C@@H]1[C@@H](OC(C)=O)[C@H](O[C@H]2CC[C@]34C[C@]35C[C@H](F)[C@]3(C)[C@H]6[C@H](C)C[C@]7(OC(=O)[C@@]8(C)O[C@@H]78)O[C@H]6C[C@@]3(C)[C@@H]5CC[C@H]4C2(C)C)OC[C@H]1OC(C)=O. The van der Waals surface area contributed by atoms with Gasteiger partial charge in [0.15, 0.2) is 36.3 Å². The molecular weight excluding hydrogens is 703 g/mol. The van der Waals surface area contributed by atoms with Crippen LogP contribution in [0, 0.1) is 50.7 Å². The normalized spacial score (nSPS) is 55.8. The van der Waals surface area contributed by atoms with Crippen LogP contribution in [0.3, 0.4) is 0 Å². The van der Waals surface area contributed by atoms with Gasteiger partial charge in [-0.05, 0) is 97.2 Å². The molecule has 5 aliphatic carbocycles. The predicted octanol–water partition coefficient (Wildman–Crippen LogP) is 5.36. The van der Waals surface area contributed by atoms with E-state index in [0.29, 0.717) is 25.2 Å². The van der Waals surface area contributed by atoms with Gasteiger partial charge in [-0.1, -0.05) is 34.6 Å². The fourth-order valence-corrected chi connectivity index (χ4v) is 15.0. The minimum atomic E-state index is -1.15. The van der Waals surface area contributed by atoms with Crippen molar-refractivity contribution < 1.29 is 61.5 Å². The van der Waals surface area contributed by atoms with Crippen LogP contribution in [-0.4, -0.2) is 91.0 Å². The third kappa shape index (κ3) is 4.61. The molecule has 0 aromatic rings. The van der Waals surface area contributed by atoms with Crippen molar-refractivity contribution in [2.45, 2.75) is 174 Å². The molecule has 5 saturated carbocycles. The minimum absolute atomic E-state index is 0.00898. The van der Waals surface area contributed by atoms with Gasteiger partial charge in [-0.15, -0.1) is 0 Å². The van der Waals surface area contributed by atoms with Gasteiger partial charge in [-0.2, -0.15) is 0 Å². The van der Waals surface area contributed by atoms with Crippen molar-refractivity contribution in [2.24, 2.45) is 50.7 Å². The zero-order valence-electron chi connectivity index (χ0n) is 33.1. The Morgan fingerprint density at radius 1 is 0.815 bits per heavy atom. The third-order valence-corrected chi connectivity index (χ3v) is 17.1. The summed E-state index contributed by atoms with van der Waals surface area (Å²) in [6, 6.07) is 0. The monoisotopic (exact) mass is 760 g/mol. The molecule has 0 amide bonds. The van der Waals surface area contributed by atoms with Crippen LogP contribution < -0.4 is 0 Å². The fourth-order valence-electron chi connectivity index (χ4n) is 15.0. The molecule has 0 N–H and O–H groups in total. The molecule has 13 heteroatoms. The topological polar surface area (TPSA) is 145 Å². The second kappa shape index (κ2) is 11.4. The average molecular weight is 761 g/mol. The van der Waals surface area contributed by atoms with Crippen LogP contribution in [-0.2, 0) is 57.1 Å². The van der Waals surface area contributed by atoms with Crippen LogP contribution in [0.1, 0.15) is 114 Å². The van der Waals surface area contributed by atoms with Gasteiger partial charge in [0, 0.05) is 32.6 Å². The highest BCUT2D eigenvalue weighted by Crippen LogP contribution is 2.89. The first-order valence-electron chi connectivity index (χ1n) is 20.2. The Labute approximate surface area is 316 Å². The average Bonchev–Trinajstić information content (AvgIpc) is 3.90. The Morgan fingerprint density at radius 2 is 1.48 bits per heavy atom. The minimum Gasteiger partial charge on any atom is -0.456 e. The van der Waals surface area contributed by atoms with Crippen LogP contribution in [0.15, 0.2) is 0 Å². The van der Waals surface area contributed by atoms with E-state index < -0.39 is 71.6 Å². The molecule has 9 aliphatic rings. The van der Waals surface area contributed by atoms with Crippen LogP contribution in [0.25, 0.3) is 0 Å². The number of ether oxygens (including phenoxy) is 8. The summed E-state index contributed by atoms with van der Waals surface area (Å²) in [5.74, 6) is -2.55. The molecule has 0 aromatic heterocycles. The van der Waals surface area contributed by atoms with Gasteiger partial charge in [-0.25, -0.2) is 9.18 Å². The summed E-state index contributed by atoms with van der Waals surface area (Å²) in [5, 5.41) is 0. The maximum atomic E-state index is 17.5. The lowest BCUT2D eigenvalue weighted by Gasteiger charge is -2.64. The van der Waals surface area contributed by atoms with E-state index in [4.69, 9.17) is 37.9 Å². The smallest absolute Gasteiger partial charge is 0.343 e. The van der Waals surface area contributed by atoms with E-state index in [-0.39, 0.29) is 64.2 Å². The number of hydrogen-bond acceptors (Lipinski definition) is 12. The van der Waals surface area contributed by atoms with E-state index in [9.17, 15) is 19.2 Å². The summed E-state index contributed by atoms with van der Waals surface area (Å²) in [7, 11) is 0. The second-order valence-electron chi connectivity index (χ2n) is 19.9. The number of rotatable bonds is 5. The number of fused-ring (bicyclic) bond motifs is 6. The van der Waals surface area contributed by atoms with E-state index in [0.717, 1.165) is 32.1 Å². The van der Waals surface area contributed by atoms with Crippen LogP contribution in [0.4, 0.5) is 4.39 Å². The molecule has 300 valence electrons. The summed E-state index contributed by atoms with van der Waals surface area (Å²) < 4.78 is 65.8. The largest absolute Gasteiger partial charge is 0.456 e. The van der Waals surface area contributed by atoms with Crippen LogP contribution in [0.2, 0.25) is 0 Å². The van der Waals surface area contributed by atoms with Crippen molar-refractivity contribution in [1.29, 1.82) is 0 Å². The molecule has 4 saturated heterocycles. The zero-order chi connectivity index (χ0) is 38.8. The van der Waals surface area contributed by atoms with Crippen LogP contribution >= 0.6 is 0 Å². The Balaban J connectivity index is 0.966. The molecule has 4 aliphatic heterocycles.